The summed E-state index contributed by atoms with van der Waals surface area (Å²) in [4.78, 5) is 23.5. The topological polar surface area (TPSA) is 113 Å². The number of rotatable bonds is 9. The number of hydrogen-bond donors (Lipinski definition) is 3. The molecule has 0 fully saturated rings. The van der Waals surface area contributed by atoms with Crippen molar-refractivity contribution in [1.29, 1.82) is 0 Å². The number of carbonyl (C=O) groups is 2. The molecule has 0 aliphatic rings. The molecule has 7 nitrogen and oxygen atoms in total. The smallest absolute Gasteiger partial charge is 0.326 e. The molecule has 1 amide bonds. The summed E-state index contributed by atoms with van der Waals surface area (Å²) < 4.78 is 26.0. The normalized spacial score (nSPS) is 12.7. The number of hydrogen-bond acceptors (Lipinski definition) is 4. The second-order valence-corrected chi connectivity index (χ2v) is 7.84. The van der Waals surface area contributed by atoms with Gasteiger partial charge < -0.3 is 10.4 Å². The van der Waals surface area contributed by atoms with Gasteiger partial charge in [0.2, 0.25) is 10.0 Å². The maximum absolute atomic E-state index is 12.2. The Bertz CT molecular complexity index is 685. The summed E-state index contributed by atoms with van der Waals surface area (Å²) in [5.74, 6) is -1.56. The minimum atomic E-state index is -3.46. The third-order valence-electron chi connectivity index (χ3n) is 3.18. The Morgan fingerprint density at radius 1 is 1.25 bits per heavy atom. The van der Waals surface area contributed by atoms with E-state index in [1.54, 1.807) is 6.92 Å². The van der Waals surface area contributed by atoms with E-state index in [1.165, 1.54) is 24.3 Å². The number of benzene rings is 1. The summed E-state index contributed by atoms with van der Waals surface area (Å²) in [6.07, 6.45) is 0.787. The number of nitrogens with one attached hydrogen (secondary N) is 2. The minimum absolute atomic E-state index is 0.0150. The van der Waals surface area contributed by atoms with Crippen LogP contribution in [-0.2, 0) is 14.8 Å². The van der Waals surface area contributed by atoms with Gasteiger partial charge in [0, 0.05) is 11.3 Å². The molecule has 134 valence electrons. The van der Waals surface area contributed by atoms with Gasteiger partial charge in [-0.1, -0.05) is 26.8 Å². The van der Waals surface area contributed by atoms with Crippen LogP contribution in [0.5, 0.6) is 0 Å². The predicted molar refractivity (Wildman–Crippen MR) is 92.5 cm³/mol. The molecular weight excluding hydrogens is 332 g/mol. The van der Waals surface area contributed by atoms with Crippen LogP contribution >= 0.6 is 0 Å². The molecule has 0 heterocycles. The van der Waals surface area contributed by atoms with Gasteiger partial charge in [-0.3, -0.25) is 9.52 Å². The predicted octanol–water partition coefficient (Wildman–Crippen LogP) is 2.07. The Hall–Kier alpha value is -2.09. The molecule has 1 atom stereocenters. The number of anilines is 1. The molecule has 0 aliphatic heterocycles. The lowest BCUT2D eigenvalue weighted by atomic mass is 10.0. The number of carboxylic acids is 1. The van der Waals surface area contributed by atoms with E-state index in [4.69, 9.17) is 0 Å². The highest BCUT2D eigenvalue weighted by atomic mass is 32.2. The van der Waals surface area contributed by atoms with Gasteiger partial charge in [-0.15, -0.1) is 0 Å². The highest BCUT2D eigenvalue weighted by Gasteiger charge is 2.22. The van der Waals surface area contributed by atoms with E-state index >= 15 is 0 Å². The van der Waals surface area contributed by atoms with Gasteiger partial charge in [0.1, 0.15) is 6.04 Å². The third-order valence-corrected chi connectivity index (χ3v) is 4.67. The highest BCUT2D eigenvalue weighted by molar-refractivity contribution is 7.92. The molecule has 0 unspecified atom stereocenters. The van der Waals surface area contributed by atoms with Crippen LogP contribution in [0.25, 0.3) is 0 Å². The summed E-state index contributed by atoms with van der Waals surface area (Å²) in [5.41, 5.74) is 0.466. The van der Waals surface area contributed by atoms with Crippen molar-refractivity contribution >= 4 is 27.6 Å². The molecule has 3 N–H and O–H groups in total. The summed E-state index contributed by atoms with van der Waals surface area (Å²) >= 11 is 0. The van der Waals surface area contributed by atoms with Gasteiger partial charge >= 0.3 is 5.97 Å². The van der Waals surface area contributed by atoms with Crippen LogP contribution in [0.4, 0.5) is 5.69 Å². The van der Waals surface area contributed by atoms with E-state index in [0.717, 1.165) is 0 Å². The molecule has 1 rings (SSSR count). The van der Waals surface area contributed by atoms with Crippen LogP contribution in [0.3, 0.4) is 0 Å². The standard InChI is InChI=1S/C16H24N2O5S/c1-4-8-24(22,23)18-13-7-5-6-12(10-13)15(19)17-14(16(20)21)9-11(2)3/h5-7,10-11,14,18H,4,8-9H2,1-3H3,(H,17,19)(H,20,21)/t14-/m1/s1. The number of sulfonamides is 1. The van der Waals surface area contributed by atoms with Gasteiger partial charge in [-0.2, -0.15) is 0 Å². The van der Waals surface area contributed by atoms with Crippen molar-refractivity contribution < 1.29 is 23.1 Å². The first-order chi connectivity index (χ1) is 11.1. The molecule has 8 heteroatoms. The summed E-state index contributed by atoms with van der Waals surface area (Å²) in [6.45, 7) is 5.49. The molecule has 0 saturated carbocycles. The Balaban J connectivity index is 2.88. The fourth-order valence-corrected chi connectivity index (χ4v) is 3.28. The zero-order valence-corrected chi connectivity index (χ0v) is 14.9. The van der Waals surface area contributed by atoms with Gasteiger partial charge in [0.05, 0.1) is 5.75 Å². The number of aliphatic carboxylic acids is 1. The molecule has 0 spiro atoms. The summed E-state index contributed by atoms with van der Waals surface area (Å²) in [5, 5.41) is 11.6. The van der Waals surface area contributed by atoms with E-state index < -0.39 is 27.9 Å². The monoisotopic (exact) mass is 356 g/mol. The summed E-state index contributed by atoms with van der Waals surface area (Å²) in [7, 11) is -3.46. The third kappa shape index (κ3) is 6.57. The average molecular weight is 356 g/mol. The van der Waals surface area contributed by atoms with Crippen LogP contribution in [0.1, 0.15) is 44.0 Å². The van der Waals surface area contributed by atoms with Crippen molar-refractivity contribution in [3.63, 3.8) is 0 Å². The molecule has 0 radical (unpaired) electrons. The largest absolute Gasteiger partial charge is 0.480 e. The summed E-state index contributed by atoms with van der Waals surface area (Å²) in [6, 6.07) is 4.97. The Labute approximate surface area is 142 Å². The van der Waals surface area contributed by atoms with Crippen molar-refractivity contribution in [3.05, 3.63) is 29.8 Å². The molecule has 24 heavy (non-hydrogen) atoms. The van der Waals surface area contributed by atoms with Gasteiger partial charge in [-0.25, -0.2) is 13.2 Å². The first-order valence-corrected chi connectivity index (χ1v) is 9.44. The van der Waals surface area contributed by atoms with Crippen LogP contribution in [-0.4, -0.2) is 37.2 Å². The van der Waals surface area contributed by atoms with E-state index in [-0.39, 0.29) is 22.9 Å². The number of amides is 1. The lowest BCUT2D eigenvalue weighted by Gasteiger charge is -2.17. The van der Waals surface area contributed by atoms with Crippen molar-refractivity contribution in [3.8, 4) is 0 Å². The van der Waals surface area contributed by atoms with E-state index in [2.05, 4.69) is 10.0 Å². The van der Waals surface area contributed by atoms with E-state index in [9.17, 15) is 23.1 Å². The quantitative estimate of drug-likeness (QED) is 0.627. The van der Waals surface area contributed by atoms with Crippen LogP contribution in [0.15, 0.2) is 24.3 Å². The fourth-order valence-electron chi connectivity index (χ4n) is 2.16. The Morgan fingerprint density at radius 3 is 2.46 bits per heavy atom. The number of carbonyl (C=O) groups excluding carboxylic acids is 1. The molecule has 0 aliphatic carbocycles. The first-order valence-electron chi connectivity index (χ1n) is 7.79. The maximum Gasteiger partial charge on any atom is 0.326 e. The van der Waals surface area contributed by atoms with Crippen molar-refractivity contribution in [1.82, 2.24) is 5.32 Å². The molecular formula is C16H24N2O5S. The van der Waals surface area contributed by atoms with Crippen molar-refractivity contribution in [2.45, 2.75) is 39.7 Å². The maximum atomic E-state index is 12.2. The second-order valence-electron chi connectivity index (χ2n) is 6.00. The van der Waals surface area contributed by atoms with Gasteiger partial charge in [0.15, 0.2) is 0 Å². The second kappa shape index (κ2) is 8.68. The van der Waals surface area contributed by atoms with Crippen molar-refractivity contribution in [2.75, 3.05) is 10.5 Å². The fraction of sp³-hybridized carbons (Fsp3) is 0.500. The zero-order chi connectivity index (χ0) is 18.3. The Morgan fingerprint density at radius 2 is 1.92 bits per heavy atom. The molecule has 0 saturated heterocycles. The van der Waals surface area contributed by atoms with Crippen molar-refractivity contribution in [2.24, 2.45) is 5.92 Å². The SMILES string of the molecule is CCCS(=O)(=O)Nc1cccc(C(=O)N[C@H](CC(C)C)C(=O)O)c1. The van der Waals surface area contributed by atoms with Crippen LogP contribution in [0, 0.1) is 5.92 Å². The molecule has 0 bridgehead atoms. The molecule has 0 aromatic heterocycles. The molecule has 1 aromatic carbocycles. The Kier molecular flexibility index (Phi) is 7.21. The van der Waals surface area contributed by atoms with Gasteiger partial charge in [-0.05, 0) is 37.0 Å². The lowest BCUT2D eigenvalue weighted by molar-refractivity contribution is -0.139. The first kappa shape index (κ1) is 20.0. The van der Waals surface area contributed by atoms with Crippen LogP contribution < -0.4 is 10.0 Å². The molecule has 1 aromatic rings. The van der Waals surface area contributed by atoms with E-state index in [0.29, 0.717) is 12.8 Å². The minimum Gasteiger partial charge on any atom is -0.480 e. The highest BCUT2D eigenvalue weighted by Crippen LogP contribution is 2.14. The van der Waals surface area contributed by atoms with Gasteiger partial charge in [0.25, 0.3) is 5.91 Å². The van der Waals surface area contributed by atoms with Crippen LogP contribution in [0.2, 0.25) is 0 Å². The number of carboxylic acid groups (broad SMARTS) is 1. The zero-order valence-electron chi connectivity index (χ0n) is 14.1. The lowest BCUT2D eigenvalue weighted by Crippen LogP contribution is -2.41. The average Bonchev–Trinajstić information content (AvgIpc) is 2.45. The van der Waals surface area contributed by atoms with E-state index in [1.807, 2.05) is 13.8 Å².